The van der Waals surface area contributed by atoms with Gasteiger partial charge in [0.2, 0.25) is 5.75 Å². The number of benzene rings is 1. The number of β-amino-alcohol motifs (C(OH)–C–C–N with tert-alkyl or cyclic N) is 1. The van der Waals surface area contributed by atoms with Crippen molar-refractivity contribution in [3.05, 3.63) is 17.2 Å². The molecule has 1 aromatic rings. The molecule has 2 unspecified atom stereocenters. The van der Waals surface area contributed by atoms with Crippen LogP contribution in [-0.2, 0) is 0 Å². The van der Waals surface area contributed by atoms with Gasteiger partial charge in [0, 0.05) is 18.2 Å². The van der Waals surface area contributed by atoms with Gasteiger partial charge in [0.15, 0.2) is 11.5 Å². The van der Waals surface area contributed by atoms with E-state index in [0.717, 1.165) is 0 Å². The molecule has 5 heteroatoms. The number of aliphatic hydroxyl groups excluding tert-OH is 1. The van der Waals surface area contributed by atoms with Crippen LogP contribution in [0.15, 0.2) is 6.07 Å². The van der Waals surface area contributed by atoms with Crippen molar-refractivity contribution in [1.82, 2.24) is 4.90 Å². The Morgan fingerprint density at radius 2 is 2.00 bits per heavy atom. The first-order chi connectivity index (χ1) is 8.51. The predicted octanol–water partition coefficient (Wildman–Crippen LogP) is 1.45. The van der Waals surface area contributed by atoms with Crippen LogP contribution in [0.25, 0.3) is 0 Å². The Balaban J connectivity index is 2.67. The quantitative estimate of drug-likeness (QED) is 0.835. The molecule has 0 bridgehead atoms. The third-order valence-electron chi connectivity index (χ3n) is 3.61. The maximum Gasteiger partial charge on any atom is 0.203 e. The molecule has 18 heavy (non-hydrogen) atoms. The van der Waals surface area contributed by atoms with Crippen LogP contribution in [0.1, 0.15) is 30.2 Å². The first kappa shape index (κ1) is 13.0. The van der Waals surface area contributed by atoms with E-state index < -0.39 is 6.10 Å². The second kappa shape index (κ2) is 4.66. The van der Waals surface area contributed by atoms with Gasteiger partial charge in [0.1, 0.15) is 0 Å². The van der Waals surface area contributed by atoms with Crippen molar-refractivity contribution in [1.29, 1.82) is 0 Å². The zero-order chi connectivity index (χ0) is 13.4. The van der Waals surface area contributed by atoms with Crippen molar-refractivity contribution in [2.45, 2.75) is 19.1 Å². The number of aliphatic hydroxyl groups is 1. The number of hydrogen-bond acceptors (Lipinski definition) is 5. The lowest BCUT2D eigenvalue weighted by atomic mass is 9.90. The van der Waals surface area contributed by atoms with E-state index in [0.29, 0.717) is 29.2 Å². The largest absolute Gasteiger partial charge is 0.504 e. The third-order valence-corrected chi connectivity index (χ3v) is 3.61. The van der Waals surface area contributed by atoms with Crippen LogP contribution in [-0.4, -0.2) is 42.9 Å². The molecule has 1 heterocycles. The second-order valence-corrected chi connectivity index (χ2v) is 4.59. The first-order valence-electron chi connectivity index (χ1n) is 5.87. The lowest BCUT2D eigenvalue weighted by Crippen LogP contribution is -2.33. The number of likely N-dealkylation sites (N-methyl/N-ethyl adjacent to an activating group) is 1. The molecule has 0 radical (unpaired) electrons. The number of phenolic OH excluding ortho intramolecular Hbond substituents is 1. The van der Waals surface area contributed by atoms with Gasteiger partial charge in [0.25, 0.3) is 0 Å². The molecule has 1 aromatic carbocycles. The Labute approximate surface area is 107 Å². The molecular weight excluding hydrogens is 234 g/mol. The van der Waals surface area contributed by atoms with E-state index in [2.05, 4.69) is 0 Å². The summed E-state index contributed by atoms with van der Waals surface area (Å²) in [5.41, 5.74) is 1.41. The molecular formula is C13H19NO4. The molecule has 2 atom stereocenters. The van der Waals surface area contributed by atoms with Gasteiger partial charge in [-0.2, -0.15) is 0 Å². The van der Waals surface area contributed by atoms with Crippen molar-refractivity contribution in [2.75, 3.05) is 27.8 Å². The maximum absolute atomic E-state index is 10.3. The fourth-order valence-corrected chi connectivity index (χ4v) is 2.47. The number of hydrogen-bond donors (Lipinski definition) is 2. The Hall–Kier alpha value is -1.46. The van der Waals surface area contributed by atoms with Crippen molar-refractivity contribution < 1.29 is 19.7 Å². The van der Waals surface area contributed by atoms with Crippen molar-refractivity contribution >= 4 is 0 Å². The maximum atomic E-state index is 10.3. The Morgan fingerprint density at radius 1 is 1.33 bits per heavy atom. The van der Waals surface area contributed by atoms with Crippen LogP contribution in [0.2, 0.25) is 0 Å². The molecule has 0 aromatic heterocycles. The number of methoxy groups -OCH3 is 2. The molecule has 100 valence electrons. The molecule has 2 rings (SSSR count). The Kier molecular flexibility index (Phi) is 3.36. The average Bonchev–Trinajstić information content (AvgIpc) is 2.35. The molecule has 0 saturated heterocycles. The second-order valence-electron chi connectivity index (χ2n) is 4.59. The topological polar surface area (TPSA) is 62.2 Å². The van der Waals surface area contributed by atoms with E-state index in [1.54, 1.807) is 6.07 Å². The normalized spacial score (nSPS) is 23.6. The lowest BCUT2D eigenvalue weighted by molar-refractivity contribution is 0.0867. The van der Waals surface area contributed by atoms with E-state index in [4.69, 9.17) is 9.47 Å². The fourth-order valence-electron chi connectivity index (χ4n) is 2.47. The highest BCUT2D eigenvalue weighted by Crippen LogP contribution is 2.48. The summed E-state index contributed by atoms with van der Waals surface area (Å²) in [7, 11) is 4.90. The zero-order valence-corrected chi connectivity index (χ0v) is 11.1. The van der Waals surface area contributed by atoms with Crippen molar-refractivity contribution in [3.63, 3.8) is 0 Å². The summed E-state index contributed by atoms with van der Waals surface area (Å²) in [5, 5.41) is 20.4. The molecule has 0 spiro atoms. The summed E-state index contributed by atoms with van der Waals surface area (Å²) in [5.74, 6) is 0.792. The third kappa shape index (κ3) is 1.79. The van der Waals surface area contributed by atoms with Crippen LogP contribution in [0.4, 0.5) is 0 Å². The lowest BCUT2D eigenvalue weighted by Gasteiger charge is -2.36. The minimum atomic E-state index is -0.632. The monoisotopic (exact) mass is 253 g/mol. The zero-order valence-electron chi connectivity index (χ0n) is 11.1. The SMILES string of the molecule is COc1cc2c(c(O)c1OC)C(C)N(C)CC2O. The Bertz CT molecular complexity index is 461. The summed E-state index contributed by atoms with van der Waals surface area (Å²) in [6.07, 6.45) is -0.632. The molecule has 1 aliphatic rings. The summed E-state index contributed by atoms with van der Waals surface area (Å²) in [4.78, 5) is 1.98. The minimum Gasteiger partial charge on any atom is -0.504 e. The van der Waals surface area contributed by atoms with Gasteiger partial charge in [-0.1, -0.05) is 0 Å². The summed E-state index contributed by atoms with van der Waals surface area (Å²) < 4.78 is 10.4. The highest BCUT2D eigenvalue weighted by atomic mass is 16.5. The average molecular weight is 253 g/mol. The first-order valence-corrected chi connectivity index (χ1v) is 5.87. The highest BCUT2D eigenvalue weighted by Gasteiger charge is 2.32. The number of rotatable bonds is 2. The Morgan fingerprint density at radius 3 is 2.56 bits per heavy atom. The van der Waals surface area contributed by atoms with Gasteiger partial charge in [0.05, 0.1) is 20.3 Å². The number of nitrogens with zero attached hydrogens (tertiary/aromatic N) is 1. The van der Waals surface area contributed by atoms with Crippen LogP contribution >= 0.6 is 0 Å². The van der Waals surface area contributed by atoms with Crippen LogP contribution < -0.4 is 9.47 Å². The number of aromatic hydroxyl groups is 1. The van der Waals surface area contributed by atoms with Crippen molar-refractivity contribution in [2.24, 2.45) is 0 Å². The van der Waals surface area contributed by atoms with E-state index in [1.807, 2.05) is 18.9 Å². The summed E-state index contributed by atoms with van der Waals surface area (Å²) in [6, 6.07) is 1.76. The van der Waals surface area contributed by atoms with Crippen molar-refractivity contribution in [3.8, 4) is 17.2 Å². The smallest absolute Gasteiger partial charge is 0.203 e. The van der Waals surface area contributed by atoms with Crippen LogP contribution in [0.3, 0.4) is 0 Å². The number of ether oxygens (including phenoxy) is 2. The molecule has 2 N–H and O–H groups in total. The van der Waals surface area contributed by atoms with Gasteiger partial charge in [-0.15, -0.1) is 0 Å². The molecule has 5 nitrogen and oxygen atoms in total. The standard InChI is InChI=1S/C13H19NO4/c1-7-11-8(9(15)6-14(7)2)5-10(17-3)13(18-4)12(11)16/h5,7,9,15-16H,6H2,1-4H3. The van der Waals surface area contributed by atoms with Gasteiger partial charge in [-0.3, -0.25) is 4.90 Å². The van der Waals surface area contributed by atoms with Crippen LogP contribution in [0.5, 0.6) is 17.2 Å². The predicted molar refractivity (Wildman–Crippen MR) is 67.2 cm³/mol. The van der Waals surface area contributed by atoms with Gasteiger partial charge < -0.3 is 19.7 Å². The fraction of sp³-hybridized carbons (Fsp3) is 0.538. The summed E-state index contributed by atoms with van der Waals surface area (Å²) in [6.45, 7) is 2.51. The van der Waals surface area contributed by atoms with Gasteiger partial charge in [-0.05, 0) is 25.6 Å². The number of fused-ring (bicyclic) bond motifs is 1. The molecule has 0 amide bonds. The molecule has 0 saturated carbocycles. The van der Waals surface area contributed by atoms with Crippen LogP contribution in [0, 0.1) is 0 Å². The van der Waals surface area contributed by atoms with Gasteiger partial charge in [-0.25, -0.2) is 0 Å². The number of phenols is 1. The summed E-state index contributed by atoms with van der Waals surface area (Å²) >= 11 is 0. The van der Waals surface area contributed by atoms with E-state index in [9.17, 15) is 10.2 Å². The molecule has 0 fully saturated rings. The van der Waals surface area contributed by atoms with E-state index in [1.165, 1.54) is 14.2 Å². The minimum absolute atomic E-state index is 0.0169. The van der Waals surface area contributed by atoms with Gasteiger partial charge >= 0.3 is 0 Å². The van der Waals surface area contributed by atoms with E-state index in [-0.39, 0.29) is 11.8 Å². The highest BCUT2D eigenvalue weighted by molar-refractivity contribution is 5.60. The molecule has 1 aliphatic heterocycles. The van der Waals surface area contributed by atoms with E-state index >= 15 is 0 Å². The molecule has 0 aliphatic carbocycles.